The third kappa shape index (κ3) is 4.72. The molecule has 1 fully saturated rings. The molecule has 0 aromatic heterocycles. The summed E-state index contributed by atoms with van der Waals surface area (Å²) in [6.45, 7) is 4.96. The third-order valence-corrected chi connectivity index (χ3v) is 4.95. The van der Waals surface area contributed by atoms with Crippen LogP contribution in [0.2, 0.25) is 0 Å². The van der Waals surface area contributed by atoms with E-state index in [9.17, 15) is 14.7 Å². The first-order chi connectivity index (χ1) is 11.8. The van der Waals surface area contributed by atoms with Crippen molar-refractivity contribution >= 4 is 12.0 Å². The lowest BCUT2D eigenvalue weighted by Gasteiger charge is -2.35. The van der Waals surface area contributed by atoms with Gasteiger partial charge in [0.25, 0.3) is 0 Å². The van der Waals surface area contributed by atoms with Gasteiger partial charge >= 0.3 is 12.0 Å². The number of urea groups is 1. The Morgan fingerprint density at radius 3 is 2.60 bits per heavy atom. The molecule has 1 aromatic rings. The number of piperidine rings is 1. The molecule has 6 nitrogen and oxygen atoms in total. The summed E-state index contributed by atoms with van der Waals surface area (Å²) in [5, 5.41) is 12.3. The number of aryl methyl sites for hydroxylation is 1. The van der Waals surface area contributed by atoms with Crippen LogP contribution >= 0.6 is 0 Å². The highest BCUT2D eigenvalue weighted by Gasteiger charge is 2.30. The van der Waals surface area contributed by atoms with Gasteiger partial charge in [-0.3, -0.25) is 4.79 Å². The van der Waals surface area contributed by atoms with Gasteiger partial charge in [-0.15, -0.1) is 0 Å². The monoisotopic (exact) mass is 347 g/mol. The van der Waals surface area contributed by atoms with Crippen LogP contribution in [-0.4, -0.2) is 60.1 Å². The van der Waals surface area contributed by atoms with Crippen molar-refractivity contribution in [3.63, 3.8) is 0 Å². The first kappa shape index (κ1) is 19.2. The van der Waals surface area contributed by atoms with Crippen LogP contribution in [0.25, 0.3) is 0 Å². The van der Waals surface area contributed by atoms with Crippen molar-refractivity contribution < 1.29 is 14.7 Å². The molecular formula is C19H29N3O3. The molecule has 1 heterocycles. The van der Waals surface area contributed by atoms with Crippen LogP contribution in [-0.2, 0) is 4.79 Å². The lowest BCUT2D eigenvalue weighted by molar-refractivity contribution is -0.143. The average Bonchev–Trinajstić information content (AvgIpc) is 2.56. The van der Waals surface area contributed by atoms with Crippen LogP contribution < -0.4 is 5.32 Å². The summed E-state index contributed by atoms with van der Waals surface area (Å²) >= 11 is 0. The average molecular weight is 347 g/mol. The van der Waals surface area contributed by atoms with E-state index in [1.807, 2.05) is 33.2 Å². The maximum absolute atomic E-state index is 12.6. The zero-order valence-corrected chi connectivity index (χ0v) is 15.5. The smallest absolute Gasteiger partial charge is 0.317 e. The number of carbonyl (C=O) groups is 2. The molecule has 0 bridgehead atoms. The number of hydrogen-bond donors (Lipinski definition) is 2. The minimum absolute atomic E-state index is 0.0465. The van der Waals surface area contributed by atoms with Gasteiger partial charge in [0.15, 0.2) is 0 Å². The van der Waals surface area contributed by atoms with Gasteiger partial charge in [0.2, 0.25) is 0 Å². The first-order valence-electron chi connectivity index (χ1n) is 8.81. The number of likely N-dealkylation sites (tertiary alicyclic amines) is 1. The number of nitrogens with one attached hydrogen (secondary N) is 1. The zero-order valence-electron chi connectivity index (χ0n) is 15.5. The fraction of sp³-hybridized carbons (Fsp3) is 0.579. The SMILES string of the molecule is Cc1ccccc1C(C(C)NC(=O)N1CCCC(C(=O)O)C1)N(C)C. The maximum Gasteiger partial charge on any atom is 0.317 e. The fourth-order valence-electron chi connectivity index (χ4n) is 3.64. The van der Waals surface area contributed by atoms with Gasteiger partial charge in [-0.25, -0.2) is 4.79 Å². The Morgan fingerprint density at radius 2 is 2.00 bits per heavy atom. The number of nitrogens with zero attached hydrogens (tertiary/aromatic N) is 2. The highest BCUT2D eigenvalue weighted by atomic mass is 16.4. The van der Waals surface area contributed by atoms with E-state index in [1.165, 1.54) is 11.1 Å². The second-order valence-corrected chi connectivity index (χ2v) is 7.13. The number of hydrogen-bond acceptors (Lipinski definition) is 3. The Balaban J connectivity index is 2.08. The minimum atomic E-state index is -0.823. The summed E-state index contributed by atoms with van der Waals surface area (Å²) < 4.78 is 0. The molecule has 0 aliphatic carbocycles. The van der Waals surface area contributed by atoms with Gasteiger partial charge in [0.05, 0.1) is 12.0 Å². The molecule has 0 saturated carbocycles. The van der Waals surface area contributed by atoms with Crippen molar-refractivity contribution in [2.75, 3.05) is 27.2 Å². The molecule has 1 saturated heterocycles. The van der Waals surface area contributed by atoms with Crippen LogP contribution in [0.15, 0.2) is 24.3 Å². The van der Waals surface area contributed by atoms with Gasteiger partial charge in [-0.05, 0) is 51.9 Å². The maximum atomic E-state index is 12.6. The van der Waals surface area contributed by atoms with E-state index in [-0.39, 0.29) is 24.7 Å². The van der Waals surface area contributed by atoms with Crippen LogP contribution in [0, 0.1) is 12.8 Å². The molecule has 1 aromatic carbocycles. The van der Waals surface area contributed by atoms with Crippen LogP contribution in [0.3, 0.4) is 0 Å². The van der Waals surface area contributed by atoms with E-state index in [0.717, 1.165) is 6.42 Å². The molecule has 0 radical (unpaired) electrons. The Kier molecular flexibility index (Phi) is 6.42. The fourth-order valence-corrected chi connectivity index (χ4v) is 3.64. The highest BCUT2D eigenvalue weighted by molar-refractivity contribution is 5.76. The number of carboxylic acid groups (broad SMARTS) is 1. The summed E-state index contributed by atoms with van der Waals surface area (Å²) in [6, 6.07) is 7.94. The second kappa shape index (κ2) is 8.34. The van der Waals surface area contributed by atoms with E-state index in [4.69, 9.17) is 0 Å². The number of likely N-dealkylation sites (N-methyl/N-ethyl adjacent to an activating group) is 1. The molecule has 3 unspecified atom stereocenters. The zero-order chi connectivity index (χ0) is 18.6. The third-order valence-electron chi connectivity index (χ3n) is 4.95. The van der Waals surface area contributed by atoms with Gasteiger partial charge in [0, 0.05) is 19.1 Å². The summed E-state index contributed by atoms with van der Waals surface area (Å²) in [5.41, 5.74) is 2.37. The molecule has 2 N–H and O–H groups in total. The van der Waals surface area contributed by atoms with Crippen molar-refractivity contribution in [2.45, 2.75) is 38.8 Å². The van der Waals surface area contributed by atoms with E-state index < -0.39 is 11.9 Å². The molecule has 6 heteroatoms. The van der Waals surface area contributed by atoms with Crippen molar-refractivity contribution in [1.82, 2.24) is 15.1 Å². The summed E-state index contributed by atoms with van der Waals surface area (Å²) in [4.78, 5) is 27.6. The van der Waals surface area contributed by atoms with Gasteiger partial charge < -0.3 is 20.2 Å². The van der Waals surface area contributed by atoms with E-state index in [0.29, 0.717) is 13.0 Å². The van der Waals surface area contributed by atoms with E-state index >= 15 is 0 Å². The summed E-state index contributed by atoms with van der Waals surface area (Å²) in [5.74, 6) is -1.28. The largest absolute Gasteiger partial charge is 0.481 e. The standard InChI is InChI=1S/C19H29N3O3/c1-13-8-5-6-10-16(13)17(21(3)4)14(2)20-19(25)22-11-7-9-15(12-22)18(23)24/h5-6,8,10,14-15,17H,7,9,11-12H2,1-4H3,(H,20,25)(H,23,24). The van der Waals surface area contributed by atoms with E-state index in [2.05, 4.69) is 29.3 Å². The Labute approximate surface area is 149 Å². The normalized spacial score (nSPS) is 20.2. The number of carboxylic acids is 1. The van der Waals surface area contributed by atoms with Crippen LogP contribution in [0.5, 0.6) is 0 Å². The Bertz CT molecular complexity index is 618. The number of rotatable bonds is 5. The molecule has 2 rings (SSSR count). The van der Waals surface area contributed by atoms with Gasteiger partial charge in [-0.2, -0.15) is 0 Å². The number of amides is 2. The Morgan fingerprint density at radius 1 is 1.32 bits per heavy atom. The lowest BCUT2D eigenvalue weighted by atomic mass is 9.95. The number of aliphatic carboxylic acids is 1. The molecule has 1 aliphatic rings. The Hall–Kier alpha value is -2.08. The van der Waals surface area contributed by atoms with Gasteiger partial charge in [-0.1, -0.05) is 24.3 Å². The predicted molar refractivity (Wildman–Crippen MR) is 97.5 cm³/mol. The van der Waals surface area contributed by atoms with Crippen molar-refractivity contribution in [2.24, 2.45) is 5.92 Å². The molecule has 138 valence electrons. The molecule has 0 spiro atoms. The first-order valence-corrected chi connectivity index (χ1v) is 8.81. The minimum Gasteiger partial charge on any atom is -0.481 e. The quantitative estimate of drug-likeness (QED) is 0.858. The van der Waals surface area contributed by atoms with Crippen LogP contribution in [0.4, 0.5) is 4.79 Å². The summed E-state index contributed by atoms with van der Waals surface area (Å²) in [7, 11) is 4.00. The molecule has 2 amide bonds. The number of benzene rings is 1. The summed E-state index contributed by atoms with van der Waals surface area (Å²) in [6.07, 6.45) is 1.37. The molecular weight excluding hydrogens is 318 g/mol. The van der Waals surface area contributed by atoms with Crippen molar-refractivity contribution in [3.8, 4) is 0 Å². The second-order valence-electron chi connectivity index (χ2n) is 7.13. The van der Waals surface area contributed by atoms with Crippen molar-refractivity contribution in [3.05, 3.63) is 35.4 Å². The topological polar surface area (TPSA) is 72.9 Å². The predicted octanol–water partition coefficient (Wildman–Crippen LogP) is 2.49. The lowest BCUT2D eigenvalue weighted by Crippen LogP contribution is -2.51. The van der Waals surface area contributed by atoms with Crippen molar-refractivity contribution in [1.29, 1.82) is 0 Å². The van der Waals surface area contributed by atoms with Crippen LogP contribution in [0.1, 0.15) is 36.9 Å². The molecule has 25 heavy (non-hydrogen) atoms. The molecule has 1 aliphatic heterocycles. The van der Waals surface area contributed by atoms with E-state index in [1.54, 1.807) is 4.90 Å². The number of carbonyl (C=O) groups excluding carboxylic acids is 1. The highest BCUT2D eigenvalue weighted by Crippen LogP contribution is 2.25. The molecule has 3 atom stereocenters. The van der Waals surface area contributed by atoms with Gasteiger partial charge in [0.1, 0.15) is 0 Å².